The second-order valence-electron chi connectivity index (χ2n) is 7.79. The third-order valence-electron chi connectivity index (χ3n) is 6.00. The summed E-state index contributed by atoms with van der Waals surface area (Å²) in [4.78, 5) is 26.7. The summed E-state index contributed by atoms with van der Waals surface area (Å²) in [5, 5.41) is 19.6. The molecule has 2 amide bonds. The molecular weight excluding hydrogens is 422 g/mol. The zero-order chi connectivity index (χ0) is 22.3. The van der Waals surface area contributed by atoms with Crippen molar-refractivity contribution in [2.45, 2.75) is 31.0 Å². The Bertz CT molecular complexity index is 1040. The quantitative estimate of drug-likeness (QED) is 0.563. The average molecular weight is 446 g/mol. The summed E-state index contributed by atoms with van der Waals surface area (Å²) < 4.78 is 10.6. The second kappa shape index (κ2) is 8.03. The third-order valence-corrected chi connectivity index (χ3v) is 6.24. The number of carbonyl (C=O) groups is 2. The van der Waals surface area contributed by atoms with Crippen molar-refractivity contribution in [2.75, 3.05) is 24.9 Å². The van der Waals surface area contributed by atoms with Crippen molar-refractivity contribution < 1.29 is 24.2 Å². The van der Waals surface area contributed by atoms with E-state index in [4.69, 9.17) is 21.1 Å². The zero-order valence-corrected chi connectivity index (χ0v) is 18.1. The molecule has 9 heteroatoms. The lowest BCUT2D eigenvalue weighted by Gasteiger charge is -2.29. The summed E-state index contributed by atoms with van der Waals surface area (Å²) in [7, 11) is 3.03. The molecule has 2 aliphatic rings. The van der Waals surface area contributed by atoms with Crippen LogP contribution in [0.2, 0.25) is 5.02 Å². The van der Waals surface area contributed by atoms with Crippen LogP contribution in [-0.4, -0.2) is 43.3 Å². The molecule has 1 saturated heterocycles. The highest BCUT2D eigenvalue weighted by atomic mass is 35.5. The van der Waals surface area contributed by atoms with E-state index >= 15 is 0 Å². The number of rotatable bonds is 5. The lowest BCUT2D eigenvalue weighted by molar-refractivity contribution is -0.130. The SMILES string of the molecule is COc1ccc(OC)c(NC(=O)[C@H]2C[C@H](C(C)O)N[C@]23C(=O)Nc2ccc(Cl)cc23)c1. The smallest absolute Gasteiger partial charge is 0.250 e. The summed E-state index contributed by atoms with van der Waals surface area (Å²) >= 11 is 6.21. The van der Waals surface area contributed by atoms with Crippen LogP contribution in [-0.2, 0) is 15.1 Å². The van der Waals surface area contributed by atoms with Gasteiger partial charge in [-0.05, 0) is 43.7 Å². The number of aliphatic hydroxyl groups is 1. The Kier molecular flexibility index (Phi) is 5.55. The van der Waals surface area contributed by atoms with E-state index in [9.17, 15) is 14.7 Å². The van der Waals surface area contributed by atoms with Crippen LogP contribution in [0.1, 0.15) is 18.9 Å². The van der Waals surface area contributed by atoms with Crippen molar-refractivity contribution in [1.29, 1.82) is 0 Å². The van der Waals surface area contributed by atoms with E-state index in [0.717, 1.165) is 0 Å². The van der Waals surface area contributed by atoms with E-state index in [2.05, 4.69) is 16.0 Å². The number of methoxy groups -OCH3 is 2. The normalized spacial score (nSPS) is 25.1. The molecule has 164 valence electrons. The van der Waals surface area contributed by atoms with Gasteiger partial charge in [0.1, 0.15) is 17.0 Å². The predicted octanol–water partition coefficient (Wildman–Crippen LogP) is 2.50. The van der Waals surface area contributed by atoms with Gasteiger partial charge in [-0.15, -0.1) is 0 Å². The van der Waals surface area contributed by atoms with Gasteiger partial charge in [0.05, 0.1) is 31.9 Å². The molecule has 2 heterocycles. The minimum Gasteiger partial charge on any atom is -0.497 e. The minimum atomic E-state index is -1.35. The van der Waals surface area contributed by atoms with Gasteiger partial charge >= 0.3 is 0 Å². The minimum absolute atomic E-state index is 0.259. The average Bonchev–Trinajstić information content (AvgIpc) is 3.28. The number of amides is 2. The lowest BCUT2D eigenvalue weighted by Crippen LogP contribution is -2.53. The Morgan fingerprint density at radius 1 is 1.26 bits per heavy atom. The molecule has 2 aliphatic heterocycles. The Morgan fingerprint density at radius 2 is 2.03 bits per heavy atom. The first kappa shape index (κ1) is 21.4. The molecule has 4 N–H and O–H groups in total. The number of fused-ring (bicyclic) bond motifs is 2. The number of ether oxygens (including phenoxy) is 2. The molecule has 8 nitrogen and oxygen atoms in total. The van der Waals surface area contributed by atoms with Gasteiger partial charge in [-0.25, -0.2) is 0 Å². The van der Waals surface area contributed by atoms with Crippen molar-refractivity contribution in [3.05, 3.63) is 47.0 Å². The largest absolute Gasteiger partial charge is 0.497 e. The molecule has 1 unspecified atom stereocenters. The molecule has 0 bridgehead atoms. The Balaban J connectivity index is 1.75. The van der Waals surface area contributed by atoms with Crippen molar-refractivity contribution in [1.82, 2.24) is 5.32 Å². The first-order valence-corrected chi connectivity index (χ1v) is 10.3. The fourth-order valence-corrected chi connectivity index (χ4v) is 4.59. The van der Waals surface area contributed by atoms with Crippen LogP contribution in [0.5, 0.6) is 11.5 Å². The van der Waals surface area contributed by atoms with Gasteiger partial charge < -0.3 is 25.2 Å². The fraction of sp³-hybridized carbons (Fsp3) is 0.364. The molecule has 0 radical (unpaired) electrons. The summed E-state index contributed by atoms with van der Waals surface area (Å²) in [5.74, 6) is -0.535. The van der Waals surface area contributed by atoms with Crippen LogP contribution in [0.3, 0.4) is 0 Å². The van der Waals surface area contributed by atoms with Crippen LogP contribution in [0, 0.1) is 5.92 Å². The molecular formula is C22H24ClN3O5. The maximum atomic E-state index is 13.5. The monoisotopic (exact) mass is 445 g/mol. The highest BCUT2D eigenvalue weighted by Crippen LogP contribution is 2.48. The van der Waals surface area contributed by atoms with Crippen molar-refractivity contribution >= 4 is 34.8 Å². The number of carbonyl (C=O) groups excluding carboxylic acids is 2. The highest BCUT2D eigenvalue weighted by molar-refractivity contribution is 6.31. The lowest BCUT2D eigenvalue weighted by atomic mass is 9.79. The molecule has 31 heavy (non-hydrogen) atoms. The van der Waals surface area contributed by atoms with Gasteiger partial charge in [-0.1, -0.05) is 11.6 Å². The summed E-state index contributed by atoms with van der Waals surface area (Å²) in [5.41, 5.74) is 0.251. The molecule has 0 aliphatic carbocycles. The summed E-state index contributed by atoms with van der Waals surface area (Å²) in [6, 6.07) is 9.67. The highest BCUT2D eigenvalue weighted by Gasteiger charge is 2.60. The number of benzene rings is 2. The van der Waals surface area contributed by atoms with Crippen LogP contribution < -0.4 is 25.4 Å². The van der Waals surface area contributed by atoms with Crippen LogP contribution in [0.4, 0.5) is 11.4 Å². The number of aliphatic hydroxyl groups excluding tert-OH is 1. The Hall–Kier alpha value is -2.81. The van der Waals surface area contributed by atoms with E-state index in [1.807, 2.05) is 0 Å². The van der Waals surface area contributed by atoms with Gasteiger partial charge in [0.15, 0.2) is 0 Å². The maximum absolute atomic E-state index is 13.5. The molecule has 2 aromatic carbocycles. The third kappa shape index (κ3) is 3.50. The number of halogens is 1. The number of anilines is 2. The van der Waals surface area contributed by atoms with E-state index in [1.54, 1.807) is 43.3 Å². The van der Waals surface area contributed by atoms with Crippen molar-refractivity contribution in [3.63, 3.8) is 0 Å². The van der Waals surface area contributed by atoms with Gasteiger partial charge in [0.25, 0.3) is 0 Å². The molecule has 0 aromatic heterocycles. The van der Waals surface area contributed by atoms with E-state index in [1.165, 1.54) is 14.2 Å². The van der Waals surface area contributed by atoms with Gasteiger partial charge in [-0.2, -0.15) is 0 Å². The Morgan fingerprint density at radius 3 is 2.71 bits per heavy atom. The predicted molar refractivity (Wildman–Crippen MR) is 117 cm³/mol. The topological polar surface area (TPSA) is 109 Å². The second-order valence-corrected chi connectivity index (χ2v) is 8.22. The van der Waals surface area contributed by atoms with Crippen LogP contribution >= 0.6 is 11.6 Å². The number of hydrogen-bond donors (Lipinski definition) is 4. The molecule has 0 saturated carbocycles. The Labute approximate surface area is 184 Å². The summed E-state index contributed by atoms with van der Waals surface area (Å²) in [6.07, 6.45) is -0.508. The number of hydrogen-bond acceptors (Lipinski definition) is 6. The standard InChI is InChI=1S/C22H24ClN3O5/c1-11(27)17-10-15(20(28)24-18-9-13(30-2)5-7-19(18)31-3)22(26-17)14-8-12(23)4-6-16(14)25-21(22)29/h4-9,11,15,17,26-27H,10H2,1-3H3,(H,24,28)(H,25,29)/t11?,15-,17-,22+/m1/s1. The first-order valence-electron chi connectivity index (χ1n) is 9.90. The number of nitrogens with one attached hydrogen (secondary N) is 3. The molecule has 2 aromatic rings. The fourth-order valence-electron chi connectivity index (χ4n) is 4.42. The molecule has 1 fully saturated rings. The molecule has 4 rings (SSSR count). The maximum Gasteiger partial charge on any atom is 0.250 e. The van der Waals surface area contributed by atoms with Crippen LogP contribution in [0.15, 0.2) is 36.4 Å². The molecule has 4 atom stereocenters. The molecule has 1 spiro atoms. The van der Waals surface area contributed by atoms with Gasteiger partial charge in [0.2, 0.25) is 11.8 Å². The van der Waals surface area contributed by atoms with E-state index in [-0.39, 0.29) is 18.2 Å². The van der Waals surface area contributed by atoms with Gasteiger partial charge in [0, 0.05) is 28.4 Å². The first-order chi connectivity index (χ1) is 14.8. The van der Waals surface area contributed by atoms with Crippen molar-refractivity contribution in [2.24, 2.45) is 5.92 Å². The van der Waals surface area contributed by atoms with Crippen molar-refractivity contribution in [3.8, 4) is 11.5 Å². The van der Waals surface area contributed by atoms with E-state index < -0.39 is 23.6 Å². The zero-order valence-electron chi connectivity index (χ0n) is 17.4. The summed E-state index contributed by atoms with van der Waals surface area (Å²) in [6.45, 7) is 1.63. The van der Waals surface area contributed by atoms with Crippen LogP contribution in [0.25, 0.3) is 0 Å². The van der Waals surface area contributed by atoms with E-state index in [0.29, 0.717) is 33.5 Å². The van der Waals surface area contributed by atoms with Gasteiger partial charge in [-0.3, -0.25) is 14.9 Å².